The maximum absolute atomic E-state index is 13.0. The van der Waals surface area contributed by atoms with Gasteiger partial charge in [-0.25, -0.2) is 9.59 Å². The van der Waals surface area contributed by atoms with Crippen LogP contribution in [0.4, 0.5) is 4.79 Å². The Morgan fingerprint density at radius 3 is 2.23 bits per heavy atom. The molecule has 2 unspecified atom stereocenters. The Labute approximate surface area is 153 Å². The van der Waals surface area contributed by atoms with Crippen molar-refractivity contribution in [1.82, 2.24) is 5.32 Å². The van der Waals surface area contributed by atoms with Crippen molar-refractivity contribution in [3.05, 3.63) is 35.9 Å². The predicted molar refractivity (Wildman–Crippen MR) is 95.6 cm³/mol. The summed E-state index contributed by atoms with van der Waals surface area (Å²) in [5.74, 6) is -2.01. The highest BCUT2D eigenvalue weighted by Gasteiger charge is 2.41. The van der Waals surface area contributed by atoms with Gasteiger partial charge in [-0.1, -0.05) is 44.2 Å². The summed E-state index contributed by atoms with van der Waals surface area (Å²) in [7, 11) is -1.47. The van der Waals surface area contributed by atoms with Crippen LogP contribution in [0.15, 0.2) is 30.3 Å². The average Bonchev–Trinajstić information content (AvgIpc) is 2.64. The Balaban J connectivity index is 2.79. The van der Waals surface area contributed by atoms with Crippen LogP contribution in [0.1, 0.15) is 26.3 Å². The van der Waals surface area contributed by atoms with Crippen molar-refractivity contribution < 1.29 is 32.7 Å². The van der Waals surface area contributed by atoms with Gasteiger partial charge in [0.25, 0.3) is 0 Å². The molecule has 1 aromatic carbocycles. The Hall–Kier alpha value is -1.89. The molecule has 0 aromatic heterocycles. The van der Waals surface area contributed by atoms with Crippen LogP contribution in [0.5, 0.6) is 0 Å². The molecule has 9 heteroatoms. The van der Waals surface area contributed by atoms with Crippen LogP contribution >= 0.6 is 7.60 Å². The topological polar surface area (TPSA) is 100 Å². The van der Waals surface area contributed by atoms with E-state index in [1.165, 1.54) is 21.1 Å². The maximum atomic E-state index is 13.0. The first kappa shape index (κ1) is 22.2. The van der Waals surface area contributed by atoms with E-state index in [0.29, 0.717) is 0 Å². The fourth-order valence-corrected chi connectivity index (χ4v) is 4.11. The number of carbonyl (C=O) groups is 2. The number of nitrogens with one attached hydrogen (secondary N) is 1. The molecule has 0 heterocycles. The monoisotopic (exact) mass is 387 g/mol. The molecule has 1 amide bonds. The third-order valence-corrected chi connectivity index (χ3v) is 6.07. The lowest BCUT2D eigenvalue weighted by atomic mass is 10.2. The number of rotatable bonds is 9. The maximum Gasteiger partial charge on any atom is 0.408 e. The zero-order chi connectivity index (χ0) is 19.7. The molecule has 0 bridgehead atoms. The lowest BCUT2D eigenvalue weighted by Gasteiger charge is -2.30. The normalized spacial score (nSPS) is 15.6. The summed E-state index contributed by atoms with van der Waals surface area (Å²) in [5.41, 5.74) is 0.814. The summed E-state index contributed by atoms with van der Waals surface area (Å²) in [5, 5.41) is 2.51. The first-order valence-electron chi connectivity index (χ1n) is 8.12. The van der Waals surface area contributed by atoms with E-state index >= 15 is 0 Å². The number of methoxy groups -OCH3 is 1. The Bertz CT molecular complexity index is 635. The van der Waals surface area contributed by atoms with Gasteiger partial charge in [0.2, 0.25) is 0 Å². The largest absolute Gasteiger partial charge is 0.467 e. The number of amides is 1. The van der Waals surface area contributed by atoms with Gasteiger partial charge in [-0.3, -0.25) is 9.09 Å². The highest BCUT2D eigenvalue weighted by Crippen LogP contribution is 2.54. The number of alkyl carbamates (subject to hydrolysis) is 1. The van der Waals surface area contributed by atoms with E-state index in [1.807, 2.05) is 30.3 Å². The summed E-state index contributed by atoms with van der Waals surface area (Å²) >= 11 is 0. The third-order valence-electron chi connectivity index (χ3n) is 3.54. The molecule has 1 rings (SSSR count). The van der Waals surface area contributed by atoms with Gasteiger partial charge in [0.05, 0.1) is 7.11 Å². The molecule has 146 valence electrons. The van der Waals surface area contributed by atoms with Crippen LogP contribution in [0.2, 0.25) is 0 Å². The van der Waals surface area contributed by atoms with Crippen molar-refractivity contribution >= 4 is 19.7 Å². The summed E-state index contributed by atoms with van der Waals surface area (Å²) in [6.07, 6.45) is -1.88. The van der Waals surface area contributed by atoms with Crippen molar-refractivity contribution in [2.75, 3.05) is 14.2 Å². The minimum atomic E-state index is -3.85. The fourth-order valence-electron chi connectivity index (χ4n) is 2.15. The van der Waals surface area contributed by atoms with Gasteiger partial charge in [-0.15, -0.1) is 0 Å². The summed E-state index contributed by atoms with van der Waals surface area (Å²) in [6, 6.07) is 9.14. The van der Waals surface area contributed by atoms with Crippen molar-refractivity contribution in [3.8, 4) is 0 Å². The van der Waals surface area contributed by atoms with Gasteiger partial charge < -0.3 is 19.3 Å². The summed E-state index contributed by atoms with van der Waals surface area (Å²) in [4.78, 5) is 23.7. The van der Waals surface area contributed by atoms with E-state index in [9.17, 15) is 14.2 Å². The van der Waals surface area contributed by atoms with Crippen LogP contribution in [0.25, 0.3) is 0 Å². The number of hydrogen-bond donors (Lipinski definition) is 1. The Kier molecular flexibility index (Phi) is 8.78. The van der Waals surface area contributed by atoms with E-state index in [1.54, 1.807) is 13.8 Å². The Morgan fingerprint density at radius 2 is 1.73 bits per heavy atom. The minimum Gasteiger partial charge on any atom is -0.467 e. The van der Waals surface area contributed by atoms with Gasteiger partial charge in [-0.2, -0.15) is 0 Å². The molecule has 1 N–H and O–H groups in total. The molecule has 0 spiro atoms. The highest BCUT2D eigenvalue weighted by atomic mass is 31.2. The van der Waals surface area contributed by atoms with Gasteiger partial charge in [0.1, 0.15) is 12.4 Å². The minimum absolute atomic E-state index is 0.0637. The van der Waals surface area contributed by atoms with Crippen LogP contribution in [0, 0.1) is 5.92 Å². The van der Waals surface area contributed by atoms with E-state index in [-0.39, 0.29) is 12.5 Å². The first-order valence-corrected chi connectivity index (χ1v) is 9.73. The van der Waals surface area contributed by atoms with Crippen LogP contribution < -0.4 is 5.32 Å². The fraction of sp³-hybridized carbons (Fsp3) is 0.529. The highest BCUT2D eigenvalue weighted by molar-refractivity contribution is 7.54. The summed E-state index contributed by atoms with van der Waals surface area (Å²) in [6.45, 7) is 4.93. The SMILES string of the molecule is COC(=O)[C@H](C)OP(=O)(OC)C(NC(=O)OCc1ccccc1)C(C)C. The van der Waals surface area contributed by atoms with E-state index < -0.39 is 31.5 Å². The Morgan fingerprint density at radius 1 is 1.12 bits per heavy atom. The molecule has 26 heavy (non-hydrogen) atoms. The average molecular weight is 387 g/mol. The zero-order valence-corrected chi connectivity index (χ0v) is 16.5. The molecule has 0 saturated heterocycles. The third kappa shape index (κ3) is 6.44. The van der Waals surface area contributed by atoms with Crippen molar-refractivity contribution in [1.29, 1.82) is 0 Å². The zero-order valence-electron chi connectivity index (χ0n) is 15.6. The van der Waals surface area contributed by atoms with Gasteiger partial charge in [0.15, 0.2) is 6.10 Å². The predicted octanol–water partition coefficient (Wildman–Crippen LogP) is 3.31. The van der Waals surface area contributed by atoms with E-state index in [4.69, 9.17) is 13.8 Å². The molecule has 8 nitrogen and oxygen atoms in total. The molecule has 1 aromatic rings. The first-order chi connectivity index (χ1) is 12.2. The van der Waals surface area contributed by atoms with E-state index in [2.05, 4.69) is 10.1 Å². The molecule has 0 radical (unpaired) electrons. The molecule has 3 atom stereocenters. The van der Waals surface area contributed by atoms with Crippen molar-refractivity contribution in [2.24, 2.45) is 5.92 Å². The van der Waals surface area contributed by atoms with Gasteiger partial charge in [0, 0.05) is 7.11 Å². The lowest BCUT2D eigenvalue weighted by Crippen LogP contribution is -2.40. The molecular weight excluding hydrogens is 361 g/mol. The lowest BCUT2D eigenvalue weighted by molar-refractivity contribution is -0.148. The van der Waals surface area contributed by atoms with Crippen LogP contribution in [-0.4, -0.2) is 38.2 Å². The van der Waals surface area contributed by atoms with Gasteiger partial charge >= 0.3 is 19.7 Å². The van der Waals surface area contributed by atoms with E-state index in [0.717, 1.165) is 5.56 Å². The van der Waals surface area contributed by atoms with Crippen molar-refractivity contribution in [3.63, 3.8) is 0 Å². The standard InChI is InChI=1S/C17H26NO7P/c1-12(2)15(26(21,23-5)25-13(3)16(19)22-4)18-17(20)24-11-14-9-7-6-8-10-14/h6-10,12-13,15H,11H2,1-5H3,(H,18,20)/t13-,15?,26?/m0/s1. The molecule has 0 aliphatic heterocycles. The number of carbonyl (C=O) groups excluding carboxylic acids is 2. The molecule has 0 aliphatic carbocycles. The second-order valence-corrected chi connectivity index (χ2v) is 8.10. The molecule has 0 saturated carbocycles. The van der Waals surface area contributed by atoms with Crippen molar-refractivity contribution in [2.45, 2.75) is 39.3 Å². The molecular formula is C17H26NO7P. The number of hydrogen-bond acceptors (Lipinski definition) is 7. The van der Waals surface area contributed by atoms with Crippen LogP contribution in [-0.2, 0) is 34.5 Å². The summed E-state index contributed by atoms with van der Waals surface area (Å²) < 4.78 is 33.1. The number of esters is 1. The van der Waals surface area contributed by atoms with Crippen LogP contribution in [0.3, 0.4) is 0 Å². The quantitative estimate of drug-likeness (QED) is 0.512. The number of benzene rings is 1. The smallest absolute Gasteiger partial charge is 0.408 e. The van der Waals surface area contributed by atoms with Gasteiger partial charge in [-0.05, 0) is 18.4 Å². The second-order valence-electron chi connectivity index (χ2n) is 5.89. The second kappa shape index (κ2) is 10.3. The number of ether oxygens (including phenoxy) is 2. The molecule has 0 fully saturated rings. The molecule has 0 aliphatic rings.